The molecule has 4 rings (SSSR count). The molecule has 33 heavy (non-hydrogen) atoms. The first-order valence-electron chi connectivity index (χ1n) is 10.9. The van der Waals surface area contributed by atoms with Crippen molar-refractivity contribution >= 4 is 28.1 Å². The normalized spacial score (nSPS) is 15.0. The molecule has 0 fully saturated rings. The van der Waals surface area contributed by atoms with Gasteiger partial charge in [0.05, 0.1) is 17.1 Å². The summed E-state index contributed by atoms with van der Waals surface area (Å²) in [6.07, 6.45) is -0.0459. The van der Waals surface area contributed by atoms with Gasteiger partial charge in [0, 0.05) is 42.3 Å². The Labute approximate surface area is 191 Å². The van der Waals surface area contributed by atoms with Crippen LogP contribution in [0.15, 0.2) is 48.5 Å². The molecule has 1 amide bonds. The molecule has 0 spiro atoms. The van der Waals surface area contributed by atoms with E-state index in [9.17, 15) is 18.0 Å². The Balaban J connectivity index is 1.69. The zero-order chi connectivity index (χ0) is 23.7. The van der Waals surface area contributed by atoms with Gasteiger partial charge >= 0.3 is 0 Å². The maximum atomic E-state index is 14.7. The van der Waals surface area contributed by atoms with Gasteiger partial charge in [0.1, 0.15) is 5.82 Å². The van der Waals surface area contributed by atoms with E-state index in [1.807, 2.05) is 31.2 Å². The van der Waals surface area contributed by atoms with Gasteiger partial charge < -0.3 is 10.2 Å². The highest BCUT2D eigenvalue weighted by molar-refractivity contribution is 5.94. The number of nitrogens with zero attached hydrogens (tertiary/aromatic N) is 2. The van der Waals surface area contributed by atoms with Crippen LogP contribution in [-0.2, 0) is 4.79 Å². The minimum atomic E-state index is -2.87. The molecule has 0 unspecified atom stereocenters. The van der Waals surface area contributed by atoms with E-state index in [0.29, 0.717) is 13.1 Å². The van der Waals surface area contributed by atoms with Gasteiger partial charge in [0.15, 0.2) is 0 Å². The largest absolute Gasteiger partial charge is 0.378 e. The van der Waals surface area contributed by atoms with Crippen LogP contribution in [-0.4, -0.2) is 28.9 Å². The molecule has 3 aromatic rings. The van der Waals surface area contributed by atoms with Crippen LogP contribution in [0.4, 0.5) is 18.9 Å². The van der Waals surface area contributed by atoms with Crippen LogP contribution >= 0.6 is 0 Å². The first kappa shape index (κ1) is 22.8. The maximum absolute atomic E-state index is 14.7. The SMILES string of the molecule is CC(=O)N1CC=C(c2ccc3nc(C)cc(N[C@H](C)c4cccc(C(F)F)c4F)c3c2)CC1. The minimum absolute atomic E-state index is 0.0621. The lowest BCUT2D eigenvalue weighted by Gasteiger charge is -2.25. The molecule has 4 nitrogen and oxygen atoms in total. The number of pyridine rings is 1. The summed E-state index contributed by atoms with van der Waals surface area (Å²) in [5, 5.41) is 4.17. The number of amides is 1. The van der Waals surface area contributed by atoms with E-state index < -0.39 is 23.8 Å². The van der Waals surface area contributed by atoms with Gasteiger partial charge in [0.2, 0.25) is 5.91 Å². The number of halogens is 3. The smallest absolute Gasteiger partial charge is 0.266 e. The summed E-state index contributed by atoms with van der Waals surface area (Å²) in [6.45, 7) is 6.45. The second kappa shape index (κ2) is 9.25. The zero-order valence-electron chi connectivity index (χ0n) is 18.8. The maximum Gasteiger partial charge on any atom is 0.266 e. The van der Waals surface area contributed by atoms with E-state index >= 15 is 0 Å². The average molecular weight is 454 g/mol. The predicted octanol–water partition coefficient (Wildman–Crippen LogP) is 6.43. The third-order valence-corrected chi connectivity index (χ3v) is 6.09. The number of hydrogen-bond acceptors (Lipinski definition) is 3. The number of anilines is 1. The van der Waals surface area contributed by atoms with Crippen molar-refractivity contribution in [3.05, 3.63) is 76.7 Å². The van der Waals surface area contributed by atoms with Gasteiger partial charge in [-0.25, -0.2) is 13.2 Å². The fourth-order valence-electron chi connectivity index (χ4n) is 4.28. The van der Waals surface area contributed by atoms with Crippen molar-refractivity contribution in [3.8, 4) is 0 Å². The minimum Gasteiger partial charge on any atom is -0.378 e. The highest BCUT2D eigenvalue weighted by Crippen LogP contribution is 2.33. The Kier molecular flexibility index (Phi) is 6.40. The molecule has 7 heteroatoms. The summed E-state index contributed by atoms with van der Waals surface area (Å²) in [7, 11) is 0. The van der Waals surface area contributed by atoms with Crippen molar-refractivity contribution in [1.82, 2.24) is 9.88 Å². The van der Waals surface area contributed by atoms with E-state index in [4.69, 9.17) is 0 Å². The first-order chi connectivity index (χ1) is 15.7. The third kappa shape index (κ3) is 4.72. The molecule has 0 radical (unpaired) electrons. The van der Waals surface area contributed by atoms with Crippen LogP contribution in [0, 0.1) is 12.7 Å². The number of rotatable bonds is 5. The van der Waals surface area contributed by atoms with Gasteiger partial charge in [-0.15, -0.1) is 0 Å². The number of aromatic nitrogens is 1. The lowest BCUT2D eigenvalue weighted by Crippen LogP contribution is -2.32. The Bertz CT molecular complexity index is 1240. The number of aryl methyl sites for hydroxylation is 1. The molecule has 0 saturated carbocycles. The van der Waals surface area contributed by atoms with Crippen molar-refractivity contribution < 1.29 is 18.0 Å². The molecule has 1 aliphatic rings. The molecule has 1 N–H and O–H groups in total. The summed E-state index contributed by atoms with van der Waals surface area (Å²) in [5.74, 6) is -0.822. The van der Waals surface area contributed by atoms with E-state index in [0.717, 1.165) is 45.9 Å². The Hall–Kier alpha value is -3.35. The van der Waals surface area contributed by atoms with Crippen LogP contribution in [0.1, 0.15) is 55.1 Å². The fraction of sp³-hybridized carbons (Fsp3) is 0.308. The van der Waals surface area contributed by atoms with Gasteiger partial charge in [-0.3, -0.25) is 9.78 Å². The molecule has 0 saturated heterocycles. The highest BCUT2D eigenvalue weighted by Gasteiger charge is 2.20. The quantitative estimate of drug-likeness (QED) is 0.484. The van der Waals surface area contributed by atoms with Crippen LogP contribution in [0.25, 0.3) is 16.5 Å². The van der Waals surface area contributed by atoms with Crippen molar-refractivity contribution in [3.63, 3.8) is 0 Å². The van der Waals surface area contributed by atoms with Crippen molar-refractivity contribution in [2.24, 2.45) is 0 Å². The Morgan fingerprint density at radius 3 is 2.58 bits per heavy atom. The summed E-state index contributed by atoms with van der Waals surface area (Å²) >= 11 is 0. The molecule has 2 heterocycles. The van der Waals surface area contributed by atoms with Crippen LogP contribution in [0.5, 0.6) is 0 Å². The number of fused-ring (bicyclic) bond motifs is 1. The lowest BCUT2D eigenvalue weighted by molar-refractivity contribution is -0.128. The van der Waals surface area contributed by atoms with Crippen LogP contribution in [0.3, 0.4) is 0 Å². The average Bonchev–Trinajstić information content (AvgIpc) is 2.78. The second-order valence-corrected chi connectivity index (χ2v) is 8.40. The van der Waals surface area contributed by atoms with E-state index in [1.54, 1.807) is 18.7 Å². The standard InChI is InChI=1S/C26H26F3N3O/c1-15-13-24(31-16(2)20-5-4-6-21(25(20)27)26(28)29)22-14-19(7-8-23(22)30-15)18-9-11-32(12-10-18)17(3)33/h4-9,13-14,16,26H,10-12H2,1-3H3,(H,30,31)/t16-/m1/s1. The molecule has 1 aliphatic heterocycles. The van der Waals surface area contributed by atoms with Crippen molar-refractivity contribution in [2.75, 3.05) is 18.4 Å². The Morgan fingerprint density at radius 2 is 1.91 bits per heavy atom. The topological polar surface area (TPSA) is 45.2 Å². The molecular formula is C26H26F3N3O. The highest BCUT2D eigenvalue weighted by atomic mass is 19.3. The molecular weight excluding hydrogens is 427 g/mol. The number of nitrogens with one attached hydrogen (secondary N) is 1. The Morgan fingerprint density at radius 1 is 1.15 bits per heavy atom. The molecule has 2 aromatic carbocycles. The first-order valence-corrected chi connectivity index (χ1v) is 10.9. The zero-order valence-corrected chi connectivity index (χ0v) is 18.8. The van der Waals surface area contributed by atoms with E-state index in [2.05, 4.69) is 16.4 Å². The molecule has 1 atom stereocenters. The third-order valence-electron chi connectivity index (χ3n) is 6.09. The van der Waals surface area contributed by atoms with E-state index in [-0.39, 0.29) is 11.5 Å². The number of benzene rings is 2. The summed E-state index contributed by atoms with van der Waals surface area (Å²) in [4.78, 5) is 18.0. The second-order valence-electron chi connectivity index (χ2n) is 8.40. The summed E-state index contributed by atoms with van der Waals surface area (Å²) in [5.41, 5.74) is 4.13. The van der Waals surface area contributed by atoms with Gasteiger partial charge in [-0.05, 0) is 49.6 Å². The number of alkyl halides is 2. The van der Waals surface area contributed by atoms with Gasteiger partial charge in [-0.2, -0.15) is 0 Å². The number of carbonyl (C=O) groups excluding carboxylic acids is 1. The van der Waals surface area contributed by atoms with Gasteiger partial charge in [-0.1, -0.05) is 30.3 Å². The number of carbonyl (C=O) groups is 1. The van der Waals surface area contributed by atoms with Crippen molar-refractivity contribution in [2.45, 2.75) is 39.7 Å². The van der Waals surface area contributed by atoms with E-state index in [1.165, 1.54) is 12.1 Å². The monoisotopic (exact) mass is 453 g/mol. The summed E-state index contributed by atoms with van der Waals surface area (Å²) < 4.78 is 41.0. The summed E-state index contributed by atoms with van der Waals surface area (Å²) in [6, 6.07) is 11.4. The molecule has 0 bridgehead atoms. The van der Waals surface area contributed by atoms with Crippen LogP contribution < -0.4 is 5.32 Å². The molecule has 1 aromatic heterocycles. The fourth-order valence-corrected chi connectivity index (χ4v) is 4.28. The predicted molar refractivity (Wildman–Crippen MR) is 125 cm³/mol. The van der Waals surface area contributed by atoms with Crippen molar-refractivity contribution in [1.29, 1.82) is 0 Å². The molecule has 0 aliphatic carbocycles. The van der Waals surface area contributed by atoms with Gasteiger partial charge in [0.25, 0.3) is 6.43 Å². The lowest BCUT2D eigenvalue weighted by atomic mass is 9.97. The van der Waals surface area contributed by atoms with Crippen LogP contribution in [0.2, 0.25) is 0 Å². The molecule has 172 valence electrons. The number of hydrogen-bond donors (Lipinski definition) is 1.